The normalized spacial score (nSPS) is 18.0. The van der Waals surface area contributed by atoms with E-state index in [1.165, 1.54) is 16.7 Å². The lowest BCUT2D eigenvalue weighted by atomic mass is 9.85. The van der Waals surface area contributed by atoms with Crippen LogP contribution in [0.4, 0.5) is 5.69 Å². The summed E-state index contributed by atoms with van der Waals surface area (Å²) < 4.78 is 0. The van der Waals surface area contributed by atoms with Crippen LogP contribution in [0.25, 0.3) is 0 Å². The summed E-state index contributed by atoms with van der Waals surface area (Å²) in [6.07, 6.45) is 3.24. The average Bonchev–Trinajstić information content (AvgIpc) is 2.50. The highest BCUT2D eigenvalue weighted by Gasteiger charge is 2.22. The van der Waals surface area contributed by atoms with Crippen LogP contribution in [0, 0.1) is 13.8 Å². The van der Waals surface area contributed by atoms with E-state index < -0.39 is 0 Å². The number of hydrogen-bond acceptors (Lipinski definition) is 2. The molecule has 112 valence electrons. The predicted octanol–water partition coefficient (Wildman–Crippen LogP) is 4.75. The molecule has 1 aliphatic rings. The van der Waals surface area contributed by atoms with Crippen molar-refractivity contribution >= 4 is 11.5 Å². The smallest absolute Gasteiger partial charge is 0.158 e. The molecule has 0 saturated carbocycles. The van der Waals surface area contributed by atoms with Gasteiger partial charge in [0.15, 0.2) is 5.78 Å². The van der Waals surface area contributed by atoms with Gasteiger partial charge in [0.1, 0.15) is 0 Å². The third-order valence-electron chi connectivity index (χ3n) is 4.20. The van der Waals surface area contributed by atoms with Crippen molar-refractivity contribution < 1.29 is 4.79 Å². The summed E-state index contributed by atoms with van der Waals surface area (Å²) in [5.74, 6) is 0.472. The van der Waals surface area contributed by atoms with Gasteiger partial charge in [0.25, 0.3) is 0 Å². The number of rotatable bonds is 3. The van der Waals surface area contributed by atoms with Gasteiger partial charge in [-0.3, -0.25) is 4.79 Å². The van der Waals surface area contributed by atoms with Crippen LogP contribution in [0.15, 0.2) is 60.3 Å². The van der Waals surface area contributed by atoms with Crippen molar-refractivity contribution in [3.05, 3.63) is 77.0 Å². The Kier molecular flexibility index (Phi) is 4.10. The molecule has 1 atom stereocenters. The summed E-state index contributed by atoms with van der Waals surface area (Å²) in [5, 5.41) is 3.45. The van der Waals surface area contributed by atoms with Gasteiger partial charge < -0.3 is 5.32 Å². The van der Waals surface area contributed by atoms with Crippen molar-refractivity contribution in [1.29, 1.82) is 0 Å². The van der Waals surface area contributed by atoms with Gasteiger partial charge in [-0.05, 0) is 43.4 Å². The molecule has 2 aromatic rings. The van der Waals surface area contributed by atoms with Crippen molar-refractivity contribution in [2.45, 2.75) is 32.6 Å². The van der Waals surface area contributed by atoms with Crippen molar-refractivity contribution in [3.63, 3.8) is 0 Å². The third kappa shape index (κ3) is 3.28. The molecule has 0 amide bonds. The second-order valence-corrected chi connectivity index (χ2v) is 6.10. The van der Waals surface area contributed by atoms with E-state index >= 15 is 0 Å². The molecule has 2 aromatic carbocycles. The van der Waals surface area contributed by atoms with Gasteiger partial charge in [-0.1, -0.05) is 48.0 Å². The Hall–Kier alpha value is -2.35. The van der Waals surface area contributed by atoms with Gasteiger partial charge in [-0.25, -0.2) is 0 Å². The van der Waals surface area contributed by atoms with E-state index in [-0.39, 0.29) is 11.7 Å². The molecule has 1 unspecified atom stereocenters. The highest BCUT2D eigenvalue weighted by Crippen LogP contribution is 2.32. The molecule has 0 spiro atoms. The highest BCUT2D eigenvalue weighted by molar-refractivity contribution is 5.92. The molecule has 0 heterocycles. The zero-order valence-electron chi connectivity index (χ0n) is 13.1. The first-order chi connectivity index (χ1) is 10.6. The first kappa shape index (κ1) is 14.6. The molecule has 0 aromatic heterocycles. The number of nitrogens with one attached hydrogen (secondary N) is 1. The highest BCUT2D eigenvalue weighted by atomic mass is 16.1. The van der Waals surface area contributed by atoms with Crippen LogP contribution in [0.1, 0.15) is 35.4 Å². The Morgan fingerprint density at radius 3 is 2.50 bits per heavy atom. The molecule has 1 N–H and O–H groups in total. The van der Waals surface area contributed by atoms with Crippen LogP contribution in [-0.2, 0) is 4.79 Å². The van der Waals surface area contributed by atoms with Crippen molar-refractivity contribution in [2.24, 2.45) is 0 Å². The van der Waals surface area contributed by atoms with Gasteiger partial charge in [-0.15, -0.1) is 0 Å². The van der Waals surface area contributed by atoms with E-state index in [0.717, 1.165) is 17.8 Å². The van der Waals surface area contributed by atoms with E-state index in [2.05, 4.69) is 49.5 Å². The summed E-state index contributed by atoms with van der Waals surface area (Å²) in [7, 11) is 0. The molecule has 2 nitrogen and oxygen atoms in total. The lowest BCUT2D eigenvalue weighted by molar-refractivity contribution is -0.115. The summed E-state index contributed by atoms with van der Waals surface area (Å²) in [4.78, 5) is 12.1. The molecule has 0 bridgehead atoms. The fourth-order valence-electron chi connectivity index (χ4n) is 3.07. The molecule has 3 rings (SSSR count). The SMILES string of the molecule is Cc1ccc(NC2=CC(=O)CC(c3ccccc3)C2)c(C)c1. The second-order valence-electron chi connectivity index (χ2n) is 6.10. The van der Waals surface area contributed by atoms with Crippen LogP contribution in [0.2, 0.25) is 0 Å². The number of allylic oxidation sites excluding steroid dienone is 2. The molecule has 2 heteroatoms. The maximum absolute atomic E-state index is 12.1. The lowest BCUT2D eigenvalue weighted by Gasteiger charge is -2.24. The summed E-state index contributed by atoms with van der Waals surface area (Å²) >= 11 is 0. The van der Waals surface area contributed by atoms with Crippen LogP contribution in [-0.4, -0.2) is 5.78 Å². The second kappa shape index (κ2) is 6.18. The standard InChI is InChI=1S/C20H21NO/c1-14-8-9-20(15(2)10-14)21-18-11-17(12-19(22)13-18)16-6-4-3-5-7-16/h3-10,13,17,21H,11-12H2,1-2H3. The molecular formula is C20H21NO. The minimum Gasteiger partial charge on any atom is -0.359 e. The largest absolute Gasteiger partial charge is 0.359 e. The van der Waals surface area contributed by atoms with Crippen LogP contribution in [0.5, 0.6) is 0 Å². The van der Waals surface area contributed by atoms with Gasteiger partial charge in [0, 0.05) is 23.9 Å². The topological polar surface area (TPSA) is 29.1 Å². The zero-order chi connectivity index (χ0) is 15.5. The maximum atomic E-state index is 12.1. The number of hydrogen-bond donors (Lipinski definition) is 1. The van der Waals surface area contributed by atoms with Crippen molar-refractivity contribution in [1.82, 2.24) is 0 Å². The third-order valence-corrected chi connectivity index (χ3v) is 4.20. The van der Waals surface area contributed by atoms with E-state index in [0.29, 0.717) is 6.42 Å². The molecule has 0 fully saturated rings. The van der Waals surface area contributed by atoms with E-state index in [4.69, 9.17) is 0 Å². The van der Waals surface area contributed by atoms with Crippen LogP contribution in [0.3, 0.4) is 0 Å². The Labute approximate surface area is 131 Å². The van der Waals surface area contributed by atoms with Gasteiger partial charge in [0.2, 0.25) is 0 Å². The number of benzene rings is 2. The van der Waals surface area contributed by atoms with Crippen LogP contribution >= 0.6 is 0 Å². The Balaban J connectivity index is 1.80. The number of aryl methyl sites for hydroxylation is 2. The van der Waals surface area contributed by atoms with Crippen LogP contribution < -0.4 is 5.32 Å². The Morgan fingerprint density at radius 1 is 1.00 bits per heavy atom. The van der Waals surface area contributed by atoms with E-state index in [9.17, 15) is 4.79 Å². The lowest BCUT2D eigenvalue weighted by Crippen LogP contribution is -2.17. The number of anilines is 1. The Morgan fingerprint density at radius 2 is 1.77 bits per heavy atom. The van der Waals surface area contributed by atoms with Gasteiger partial charge in [0.05, 0.1) is 0 Å². The summed E-state index contributed by atoms with van der Waals surface area (Å²) in [6, 6.07) is 16.6. The zero-order valence-corrected chi connectivity index (χ0v) is 13.1. The summed E-state index contributed by atoms with van der Waals surface area (Å²) in [6.45, 7) is 4.18. The van der Waals surface area contributed by atoms with Gasteiger partial charge >= 0.3 is 0 Å². The molecule has 0 aliphatic heterocycles. The molecule has 1 aliphatic carbocycles. The molecule has 0 radical (unpaired) electrons. The van der Waals surface area contributed by atoms with Crippen molar-refractivity contribution in [2.75, 3.05) is 5.32 Å². The number of ketones is 1. The Bertz CT molecular complexity index is 716. The maximum Gasteiger partial charge on any atom is 0.158 e. The molecule has 0 saturated heterocycles. The number of carbonyl (C=O) groups excluding carboxylic acids is 1. The van der Waals surface area contributed by atoms with Crippen molar-refractivity contribution in [3.8, 4) is 0 Å². The van der Waals surface area contributed by atoms with E-state index in [1.807, 2.05) is 18.2 Å². The first-order valence-electron chi connectivity index (χ1n) is 7.74. The van der Waals surface area contributed by atoms with E-state index in [1.54, 1.807) is 6.08 Å². The minimum absolute atomic E-state index is 0.201. The quantitative estimate of drug-likeness (QED) is 0.884. The fraction of sp³-hybridized carbons (Fsp3) is 0.250. The minimum atomic E-state index is 0.201. The predicted molar refractivity (Wildman–Crippen MR) is 91.0 cm³/mol. The average molecular weight is 291 g/mol. The monoisotopic (exact) mass is 291 g/mol. The number of carbonyl (C=O) groups is 1. The molecule has 22 heavy (non-hydrogen) atoms. The summed E-state index contributed by atoms with van der Waals surface area (Å²) in [5.41, 5.74) is 5.79. The first-order valence-corrected chi connectivity index (χ1v) is 7.74. The molecular weight excluding hydrogens is 270 g/mol. The van der Waals surface area contributed by atoms with Gasteiger partial charge in [-0.2, -0.15) is 0 Å². The fourth-order valence-corrected chi connectivity index (χ4v) is 3.07.